The molecule has 0 aliphatic carbocycles. The Morgan fingerprint density at radius 3 is 2.74 bits per heavy atom. The van der Waals surface area contributed by atoms with E-state index in [1.54, 1.807) is 12.3 Å². The molecule has 2 aliphatic rings. The predicted octanol–water partition coefficient (Wildman–Crippen LogP) is 4.79. The molecule has 5 nitrogen and oxygen atoms in total. The number of ketones is 1. The van der Waals surface area contributed by atoms with E-state index in [-0.39, 0.29) is 5.78 Å². The van der Waals surface area contributed by atoms with Gasteiger partial charge in [0.25, 0.3) is 0 Å². The quantitative estimate of drug-likeness (QED) is 0.564. The number of aromatic nitrogens is 1. The lowest BCUT2D eigenvalue weighted by Crippen LogP contribution is -2.33. The van der Waals surface area contributed by atoms with Gasteiger partial charge in [0.2, 0.25) is 5.78 Å². The highest BCUT2D eigenvalue weighted by molar-refractivity contribution is 6.15. The van der Waals surface area contributed by atoms with E-state index >= 15 is 0 Å². The molecule has 0 amide bonds. The van der Waals surface area contributed by atoms with Crippen molar-refractivity contribution in [2.24, 2.45) is 0 Å². The summed E-state index contributed by atoms with van der Waals surface area (Å²) < 4.78 is 12.0. The van der Waals surface area contributed by atoms with Crippen molar-refractivity contribution in [3.63, 3.8) is 0 Å². The molecule has 0 fully saturated rings. The summed E-state index contributed by atoms with van der Waals surface area (Å²) in [6.07, 6.45) is 5.49. The van der Waals surface area contributed by atoms with Crippen molar-refractivity contribution in [3.05, 3.63) is 94.5 Å². The van der Waals surface area contributed by atoms with E-state index in [1.807, 2.05) is 37.3 Å². The van der Waals surface area contributed by atoms with Crippen molar-refractivity contribution in [3.8, 4) is 11.5 Å². The highest BCUT2D eigenvalue weighted by Crippen LogP contribution is 2.43. The molecule has 3 aromatic rings. The Balaban J connectivity index is 1.32. The molecule has 0 saturated carbocycles. The second kappa shape index (κ2) is 8.36. The lowest BCUT2D eigenvalue weighted by atomic mass is 10.00. The van der Waals surface area contributed by atoms with Crippen molar-refractivity contribution in [2.45, 2.75) is 26.3 Å². The number of pyridine rings is 1. The molecule has 2 aliphatic heterocycles. The Labute approximate surface area is 181 Å². The van der Waals surface area contributed by atoms with Crippen LogP contribution in [0, 0.1) is 6.92 Å². The van der Waals surface area contributed by atoms with Gasteiger partial charge >= 0.3 is 0 Å². The zero-order chi connectivity index (χ0) is 21.2. The fraction of sp³-hybridized carbons (Fsp3) is 0.231. The molecule has 0 saturated heterocycles. The number of carbonyl (C=O) groups excluding carboxylic acids is 1. The summed E-state index contributed by atoms with van der Waals surface area (Å²) in [4.78, 5) is 19.5. The zero-order valence-electron chi connectivity index (χ0n) is 17.5. The number of allylic oxidation sites excluding steroid dienone is 1. The number of fused-ring (bicyclic) bond motifs is 2. The van der Waals surface area contributed by atoms with E-state index in [0.717, 1.165) is 42.8 Å². The number of rotatable bonds is 5. The van der Waals surface area contributed by atoms with E-state index < -0.39 is 0 Å². The minimum atomic E-state index is -0.104. The highest BCUT2D eigenvalue weighted by atomic mass is 16.5. The first-order chi connectivity index (χ1) is 15.2. The number of nitrogens with zero attached hydrogens (tertiary/aromatic N) is 2. The van der Waals surface area contributed by atoms with E-state index in [4.69, 9.17) is 9.47 Å². The standard InChI is InChI=1S/C26H24N2O3/c1-18-25-20(16-28(17-30-25)13-7-10-19-8-3-2-4-9-19)14-22-24(29)23(31-26(18)22)15-21-11-5-6-12-27-21/h2-6,8-9,11-12,14-15H,7,10,13,16-17H2,1H3/b23-15-. The molecular weight excluding hydrogens is 388 g/mol. The molecule has 31 heavy (non-hydrogen) atoms. The maximum absolute atomic E-state index is 13.0. The van der Waals surface area contributed by atoms with Crippen LogP contribution in [0.3, 0.4) is 0 Å². The van der Waals surface area contributed by atoms with Gasteiger partial charge in [0, 0.05) is 36.5 Å². The third-order valence-electron chi connectivity index (χ3n) is 5.75. The van der Waals surface area contributed by atoms with E-state index in [1.165, 1.54) is 5.56 Å². The summed E-state index contributed by atoms with van der Waals surface area (Å²) in [7, 11) is 0. The van der Waals surface area contributed by atoms with Crippen molar-refractivity contribution >= 4 is 11.9 Å². The van der Waals surface area contributed by atoms with Gasteiger partial charge in [-0.2, -0.15) is 0 Å². The molecule has 3 heterocycles. The maximum Gasteiger partial charge on any atom is 0.232 e. The molecule has 0 atom stereocenters. The molecule has 156 valence electrons. The summed E-state index contributed by atoms with van der Waals surface area (Å²) in [5, 5.41) is 0. The SMILES string of the molecule is Cc1c2c(cc3c1O/C(=C\c1ccccn1)C3=O)CN(CCCc1ccccc1)CO2. The summed E-state index contributed by atoms with van der Waals surface area (Å²) >= 11 is 0. The molecular formula is C26H24N2O3. The average molecular weight is 412 g/mol. The van der Waals surface area contributed by atoms with Crippen LogP contribution < -0.4 is 9.47 Å². The first-order valence-electron chi connectivity index (χ1n) is 10.6. The van der Waals surface area contributed by atoms with Crippen molar-refractivity contribution in [1.29, 1.82) is 0 Å². The number of hydrogen-bond donors (Lipinski definition) is 0. The van der Waals surface area contributed by atoms with Gasteiger partial charge in [-0.05, 0) is 43.5 Å². The van der Waals surface area contributed by atoms with Crippen LogP contribution in [0.15, 0.2) is 66.6 Å². The average Bonchev–Trinajstić information content (AvgIpc) is 3.11. The number of carbonyl (C=O) groups is 1. The van der Waals surface area contributed by atoms with Gasteiger partial charge in [-0.25, -0.2) is 0 Å². The first-order valence-corrected chi connectivity index (χ1v) is 10.6. The van der Waals surface area contributed by atoms with Crippen LogP contribution in [0.2, 0.25) is 0 Å². The molecule has 0 N–H and O–H groups in total. The maximum atomic E-state index is 13.0. The van der Waals surface area contributed by atoms with E-state index in [0.29, 0.717) is 29.5 Å². The number of Topliss-reactive ketones (excluding diaryl/α,β-unsaturated/α-hetero) is 1. The Bertz CT molecular complexity index is 1140. The Morgan fingerprint density at radius 2 is 1.94 bits per heavy atom. The van der Waals surface area contributed by atoms with Gasteiger partial charge in [-0.1, -0.05) is 36.4 Å². The van der Waals surface area contributed by atoms with Gasteiger partial charge in [0.1, 0.15) is 18.2 Å². The highest BCUT2D eigenvalue weighted by Gasteiger charge is 2.33. The largest absolute Gasteiger partial charge is 0.477 e. The molecule has 0 radical (unpaired) electrons. The summed E-state index contributed by atoms with van der Waals surface area (Å²) in [5.41, 5.74) is 4.58. The van der Waals surface area contributed by atoms with E-state index in [2.05, 4.69) is 34.1 Å². The minimum Gasteiger partial charge on any atom is -0.477 e. The summed E-state index contributed by atoms with van der Waals surface area (Å²) in [6.45, 7) is 4.22. The number of ether oxygens (including phenoxy) is 2. The van der Waals surface area contributed by atoms with Crippen LogP contribution in [0.25, 0.3) is 6.08 Å². The molecule has 2 aromatic carbocycles. The van der Waals surface area contributed by atoms with Crippen molar-refractivity contribution < 1.29 is 14.3 Å². The fourth-order valence-corrected chi connectivity index (χ4v) is 4.19. The molecule has 1 aromatic heterocycles. The van der Waals surface area contributed by atoms with Crippen LogP contribution >= 0.6 is 0 Å². The summed E-state index contributed by atoms with van der Waals surface area (Å²) in [6, 6.07) is 18.0. The Morgan fingerprint density at radius 1 is 1.10 bits per heavy atom. The lowest BCUT2D eigenvalue weighted by Gasteiger charge is -2.30. The first kappa shape index (κ1) is 19.5. The summed E-state index contributed by atoms with van der Waals surface area (Å²) in [5.74, 6) is 1.64. The van der Waals surface area contributed by atoms with Crippen LogP contribution in [0.5, 0.6) is 11.5 Å². The van der Waals surface area contributed by atoms with Gasteiger partial charge in [-0.3, -0.25) is 14.7 Å². The van der Waals surface area contributed by atoms with Crippen molar-refractivity contribution in [2.75, 3.05) is 13.3 Å². The Kier molecular flexibility index (Phi) is 5.26. The van der Waals surface area contributed by atoms with Gasteiger partial charge < -0.3 is 9.47 Å². The Hall–Kier alpha value is -3.44. The fourth-order valence-electron chi connectivity index (χ4n) is 4.19. The van der Waals surface area contributed by atoms with Crippen LogP contribution in [0.1, 0.15) is 39.2 Å². The van der Waals surface area contributed by atoms with Gasteiger partial charge in [0.15, 0.2) is 5.76 Å². The molecule has 5 rings (SSSR count). The minimum absolute atomic E-state index is 0.104. The van der Waals surface area contributed by atoms with E-state index in [9.17, 15) is 4.79 Å². The topological polar surface area (TPSA) is 51.7 Å². The number of benzene rings is 2. The zero-order valence-corrected chi connectivity index (χ0v) is 17.5. The second-order valence-electron chi connectivity index (χ2n) is 7.98. The normalized spacial score (nSPS) is 16.5. The smallest absolute Gasteiger partial charge is 0.232 e. The number of hydrogen-bond acceptors (Lipinski definition) is 5. The second-order valence-corrected chi connectivity index (χ2v) is 7.98. The van der Waals surface area contributed by atoms with Crippen LogP contribution in [-0.2, 0) is 13.0 Å². The van der Waals surface area contributed by atoms with Crippen LogP contribution in [0.4, 0.5) is 0 Å². The third kappa shape index (κ3) is 3.97. The van der Waals surface area contributed by atoms with Gasteiger partial charge in [-0.15, -0.1) is 0 Å². The molecule has 0 spiro atoms. The molecule has 0 bridgehead atoms. The molecule has 0 unspecified atom stereocenters. The van der Waals surface area contributed by atoms with Crippen LogP contribution in [-0.4, -0.2) is 28.9 Å². The molecule has 5 heteroatoms. The predicted molar refractivity (Wildman–Crippen MR) is 119 cm³/mol. The van der Waals surface area contributed by atoms with Crippen molar-refractivity contribution in [1.82, 2.24) is 9.88 Å². The lowest BCUT2D eigenvalue weighted by molar-refractivity contribution is 0.0932. The number of aryl methyl sites for hydroxylation is 1. The monoisotopic (exact) mass is 412 g/mol. The van der Waals surface area contributed by atoms with Gasteiger partial charge in [0.05, 0.1) is 11.3 Å². The third-order valence-corrected chi connectivity index (χ3v) is 5.75.